The van der Waals surface area contributed by atoms with E-state index in [1.54, 1.807) is 24.3 Å². The van der Waals surface area contributed by atoms with Crippen molar-refractivity contribution in [1.29, 1.82) is 0 Å². The Morgan fingerprint density at radius 1 is 1.17 bits per heavy atom. The van der Waals surface area contributed by atoms with Gasteiger partial charge in [-0.25, -0.2) is 21.6 Å². The maximum atomic E-state index is 13.3. The molecule has 1 aromatic carbocycles. The average Bonchev–Trinajstić information content (AvgIpc) is 3.11. The van der Waals surface area contributed by atoms with Gasteiger partial charge in [0.2, 0.25) is 15.9 Å². The monoisotopic (exact) mass is 543 g/mol. The summed E-state index contributed by atoms with van der Waals surface area (Å²) in [5.41, 5.74) is 0.250. The van der Waals surface area contributed by atoms with Gasteiger partial charge in [-0.3, -0.25) is 9.78 Å². The fourth-order valence-electron chi connectivity index (χ4n) is 5.29. The quantitative estimate of drug-likeness (QED) is 0.395. The lowest BCUT2D eigenvalue weighted by Gasteiger charge is -2.28. The zero-order valence-corrected chi connectivity index (χ0v) is 22.8. The average molecular weight is 544 g/mol. The lowest BCUT2D eigenvalue weighted by Crippen LogP contribution is -2.54. The van der Waals surface area contributed by atoms with Gasteiger partial charge in [0, 0.05) is 14.4 Å². The summed E-state index contributed by atoms with van der Waals surface area (Å²) in [7, 11) is -8.02. The standard InChI is InChI=1S/C25H37N3O6S2.2H2/c1-5-20(22(29)14-19-13-16(2)12-17(19)3)27-25(30)21(28-35(4,31)32)15-36(33,34)23-10-6-8-18-9-7-11-26-24(18)23;;/h6-11,16-17,19-22,28-29H,5,12-15H2,1-4H3,(H,27,30);2*1H/t16?,17?,19?,20-,21+,22+;;/m0../s1. The summed E-state index contributed by atoms with van der Waals surface area (Å²) in [4.78, 5) is 17.3. The number of fused-ring (bicyclic) bond motifs is 1. The Hall–Kier alpha value is -2.08. The SMILES string of the molecule is CC[C@H](NC(=O)[C@@H](CS(=O)(=O)c1cccc2cccnc12)NS(C)(=O)=O)[C@H](O)CC1CC(C)CC1C.[HH].[HH]. The molecule has 3 N–H and O–H groups in total. The lowest BCUT2D eigenvalue weighted by molar-refractivity contribution is -0.124. The highest BCUT2D eigenvalue weighted by Crippen LogP contribution is 2.38. The second-order valence-electron chi connectivity index (χ2n) is 10.2. The predicted molar refractivity (Wildman–Crippen MR) is 144 cm³/mol. The Kier molecular flexibility index (Phi) is 9.13. The van der Waals surface area contributed by atoms with E-state index in [0.717, 1.165) is 19.1 Å². The van der Waals surface area contributed by atoms with Crippen molar-refractivity contribution in [3.05, 3.63) is 36.5 Å². The first-order valence-corrected chi connectivity index (χ1v) is 15.9. The summed E-state index contributed by atoms with van der Waals surface area (Å²) in [6.07, 6.45) is 4.56. The first-order valence-electron chi connectivity index (χ1n) is 12.3. The number of aliphatic hydroxyl groups excluding tert-OH is 1. The van der Waals surface area contributed by atoms with E-state index in [4.69, 9.17) is 0 Å². The van der Waals surface area contributed by atoms with Gasteiger partial charge in [-0.15, -0.1) is 0 Å². The number of hydrogen-bond donors (Lipinski definition) is 3. The highest BCUT2D eigenvalue weighted by Gasteiger charge is 2.35. The smallest absolute Gasteiger partial charge is 0.239 e. The molecule has 3 rings (SSSR count). The van der Waals surface area contributed by atoms with Crippen LogP contribution in [0.2, 0.25) is 0 Å². The number of para-hydroxylation sites is 1. The van der Waals surface area contributed by atoms with Gasteiger partial charge < -0.3 is 10.4 Å². The number of benzene rings is 1. The molecule has 0 spiro atoms. The highest BCUT2D eigenvalue weighted by molar-refractivity contribution is 7.92. The van der Waals surface area contributed by atoms with Crippen LogP contribution in [-0.2, 0) is 24.7 Å². The molecule has 1 amide bonds. The minimum absolute atomic E-state index is 0. The van der Waals surface area contributed by atoms with Crippen molar-refractivity contribution >= 4 is 36.7 Å². The number of amides is 1. The second kappa shape index (κ2) is 11.5. The fraction of sp³-hybridized carbons (Fsp3) is 0.600. The highest BCUT2D eigenvalue weighted by atomic mass is 32.2. The molecule has 2 aromatic rings. The number of aromatic nitrogens is 1. The summed E-state index contributed by atoms with van der Waals surface area (Å²) in [6, 6.07) is 5.89. The third kappa shape index (κ3) is 7.24. The molecule has 1 aromatic heterocycles. The van der Waals surface area contributed by atoms with Crippen molar-refractivity contribution < 1.29 is 29.6 Å². The van der Waals surface area contributed by atoms with Gasteiger partial charge >= 0.3 is 0 Å². The number of pyridine rings is 1. The molecule has 6 atom stereocenters. The second-order valence-corrected chi connectivity index (χ2v) is 14.0. The van der Waals surface area contributed by atoms with E-state index < -0.39 is 49.7 Å². The molecule has 9 nitrogen and oxygen atoms in total. The van der Waals surface area contributed by atoms with Crippen molar-refractivity contribution in [1.82, 2.24) is 15.0 Å². The van der Waals surface area contributed by atoms with Crippen molar-refractivity contribution in [2.24, 2.45) is 17.8 Å². The van der Waals surface area contributed by atoms with Gasteiger partial charge in [0.15, 0.2) is 9.84 Å². The molecule has 204 valence electrons. The number of carbonyl (C=O) groups excluding carboxylic acids is 1. The molecular formula is C25H41N3O6S2. The molecule has 1 fully saturated rings. The zero-order valence-electron chi connectivity index (χ0n) is 21.2. The molecule has 0 saturated heterocycles. The Morgan fingerprint density at radius 2 is 1.86 bits per heavy atom. The van der Waals surface area contributed by atoms with Crippen LogP contribution in [0.1, 0.15) is 49.3 Å². The summed E-state index contributed by atoms with van der Waals surface area (Å²) in [5, 5.41) is 14.2. The molecule has 1 saturated carbocycles. The first-order chi connectivity index (χ1) is 16.8. The number of nitrogens with one attached hydrogen (secondary N) is 2. The predicted octanol–water partition coefficient (Wildman–Crippen LogP) is 2.75. The van der Waals surface area contributed by atoms with Gasteiger partial charge in [0.25, 0.3) is 0 Å². The van der Waals surface area contributed by atoms with Crippen LogP contribution < -0.4 is 10.0 Å². The molecule has 3 unspecified atom stereocenters. The van der Waals surface area contributed by atoms with Crippen LogP contribution in [0.4, 0.5) is 0 Å². The van der Waals surface area contributed by atoms with Gasteiger partial charge in [0.1, 0.15) is 6.04 Å². The van der Waals surface area contributed by atoms with Crippen molar-refractivity contribution in [2.45, 2.75) is 69.5 Å². The topological polar surface area (TPSA) is 143 Å². The van der Waals surface area contributed by atoms with Gasteiger partial charge in [-0.05, 0) is 55.6 Å². The van der Waals surface area contributed by atoms with Crippen molar-refractivity contribution in [2.75, 3.05) is 12.0 Å². The van der Waals surface area contributed by atoms with Gasteiger partial charge in [0.05, 0.1) is 34.6 Å². The van der Waals surface area contributed by atoms with Crippen LogP contribution in [-0.4, -0.2) is 63.0 Å². The molecule has 36 heavy (non-hydrogen) atoms. The number of sulfonamides is 1. The summed E-state index contributed by atoms with van der Waals surface area (Å²) < 4.78 is 52.9. The Labute approximate surface area is 217 Å². The number of nitrogens with zero attached hydrogens (tertiary/aromatic N) is 1. The molecule has 1 heterocycles. The number of sulfone groups is 1. The van der Waals surface area contributed by atoms with Crippen LogP contribution in [0, 0.1) is 17.8 Å². The van der Waals surface area contributed by atoms with Crippen LogP contribution in [0.3, 0.4) is 0 Å². The minimum atomic E-state index is -4.11. The van der Waals surface area contributed by atoms with E-state index in [0.29, 0.717) is 36.0 Å². The van der Waals surface area contributed by atoms with E-state index >= 15 is 0 Å². The van der Waals surface area contributed by atoms with Crippen molar-refractivity contribution in [3.8, 4) is 0 Å². The molecule has 11 heteroatoms. The molecular weight excluding hydrogens is 502 g/mol. The van der Waals surface area contributed by atoms with Crippen molar-refractivity contribution in [3.63, 3.8) is 0 Å². The molecule has 1 aliphatic rings. The minimum Gasteiger partial charge on any atom is -0.391 e. The third-order valence-corrected chi connectivity index (χ3v) is 9.53. The van der Waals surface area contributed by atoms with Crippen LogP contribution in [0.15, 0.2) is 41.4 Å². The normalized spacial score (nSPS) is 23.3. The first kappa shape index (κ1) is 28.5. The lowest BCUT2D eigenvalue weighted by atomic mass is 9.89. The third-order valence-electron chi connectivity index (χ3n) is 7.05. The Bertz CT molecular complexity index is 1290. The van der Waals surface area contributed by atoms with Gasteiger partial charge in [-0.2, -0.15) is 0 Å². The summed E-state index contributed by atoms with van der Waals surface area (Å²) in [6.45, 7) is 6.17. The van der Waals surface area contributed by atoms with E-state index in [2.05, 4.69) is 28.9 Å². The van der Waals surface area contributed by atoms with Crippen LogP contribution in [0.5, 0.6) is 0 Å². The Morgan fingerprint density at radius 3 is 2.47 bits per heavy atom. The zero-order chi connectivity index (χ0) is 26.7. The number of carbonyl (C=O) groups is 1. The molecule has 0 aliphatic heterocycles. The van der Waals surface area contributed by atoms with E-state index in [9.17, 15) is 26.7 Å². The summed E-state index contributed by atoms with van der Waals surface area (Å²) in [5.74, 6) is -0.183. The number of rotatable bonds is 11. The van der Waals surface area contributed by atoms with E-state index in [1.165, 1.54) is 12.3 Å². The molecule has 0 radical (unpaired) electrons. The molecule has 0 bridgehead atoms. The maximum absolute atomic E-state index is 13.3. The van der Waals surface area contributed by atoms with Crippen LogP contribution >= 0.6 is 0 Å². The number of aliphatic hydroxyl groups is 1. The fourth-order valence-corrected chi connectivity index (χ4v) is 7.70. The maximum Gasteiger partial charge on any atom is 0.239 e. The number of hydrogen-bond acceptors (Lipinski definition) is 7. The van der Waals surface area contributed by atoms with Crippen LogP contribution in [0.25, 0.3) is 10.9 Å². The van der Waals surface area contributed by atoms with E-state index in [-0.39, 0.29) is 13.3 Å². The largest absolute Gasteiger partial charge is 0.391 e. The van der Waals surface area contributed by atoms with Gasteiger partial charge in [-0.1, -0.05) is 39.0 Å². The summed E-state index contributed by atoms with van der Waals surface area (Å²) >= 11 is 0. The molecule has 1 aliphatic carbocycles. The Balaban J connectivity index is 0.00000361. The van der Waals surface area contributed by atoms with E-state index in [1.807, 2.05) is 6.92 Å².